The van der Waals surface area contributed by atoms with Crippen molar-refractivity contribution in [3.8, 4) is 0 Å². The van der Waals surface area contributed by atoms with E-state index in [1.807, 2.05) is 6.92 Å². The molecule has 0 bridgehead atoms. The maximum absolute atomic E-state index is 8.67. The first kappa shape index (κ1) is 10.7. The van der Waals surface area contributed by atoms with Gasteiger partial charge in [-0.1, -0.05) is 37.8 Å². The van der Waals surface area contributed by atoms with Crippen LogP contribution < -0.4 is 0 Å². The SMILES string of the molecule is CCCCCC/C=C(\C)CO. The van der Waals surface area contributed by atoms with Crippen LogP contribution in [0.15, 0.2) is 11.6 Å². The molecular weight excluding hydrogens is 136 g/mol. The number of hydrogen-bond acceptors (Lipinski definition) is 1. The van der Waals surface area contributed by atoms with Crippen LogP contribution in [0, 0.1) is 0 Å². The van der Waals surface area contributed by atoms with Crippen molar-refractivity contribution in [1.82, 2.24) is 0 Å². The van der Waals surface area contributed by atoms with Gasteiger partial charge in [0.15, 0.2) is 0 Å². The molecule has 0 unspecified atom stereocenters. The lowest BCUT2D eigenvalue weighted by molar-refractivity contribution is 0.331. The molecule has 0 aliphatic carbocycles. The van der Waals surface area contributed by atoms with Crippen LogP contribution in [0.3, 0.4) is 0 Å². The van der Waals surface area contributed by atoms with Gasteiger partial charge in [-0.15, -0.1) is 0 Å². The number of aliphatic hydroxyl groups is 1. The molecule has 1 N–H and O–H groups in total. The molecule has 0 aromatic heterocycles. The molecule has 0 aliphatic heterocycles. The lowest BCUT2D eigenvalue weighted by atomic mass is 10.1. The average molecular weight is 156 g/mol. The fourth-order valence-electron chi connectivity index (χ4n) is 0.984. The van der Waals surface area contributed by atoms with Crippen molar-refractivity contribution >= 4 is 0 Å². The maximum Gasteiger partial charge on any atom is 0.0639 e. The number of rotatable bonds is 6. The van der Waals surface area contributed by atoms with E-state index in [1.165, 1.54) is 25.7 Å². The van der Waals surface area contributed by atoms with Crippen LogP contribution in [-0.4, -0.2) is 11.7 Å². The van der Waals surface area contributed by atoms with Gasteiger partial charge in [0.2, 0.25) is 0 Å². The number of allylic oxidation sites excluding steroid dienone is 1. The van der Waals surface area contributed by atoms with E-state index in [2.05, 4.69) is 13.0 Å². The smallest absolute Gasteiger partial charge is 0.0639 e. The van der Waals surface area contributed by atoms with Crippen molar-refractivity contribution in [3.05, 3.63) is 11.6 Å². The minimum atomic E-state index is 0.216. The summed E-state index contributed by atoms with van der Waals surface area (Å²) in [6.07, 6.45) is 8.49. The average Bonchev–Trinajstić information content (AvgIpc) is 2.04. The highest BCUT2D eigenvalue weighted by Crippen LogP contribution is 2.04. The molecule has 0 aliphatic rings. The second-order valence-electron chi connectivity index (χ2n) is 3.06. The highest BCUT2D eigenvalue weighted by molar-refractivity contribution is 4.97. The Morgan fingerprint density at radius 2 is 2.00 bits per heavy atom. The molecule has 1 heteroatoms. The van der Waals surface area contributed by atoms with Gasteiger partial charge in [0.1, 0.15) is 0 Å². The number of hydrogen-bond donors (Lipinski definition) is 1. The molecule has 1 nitrogen and oxygen atoms in total. The lowest BCUT2D eigenvalue weighted by Crippen LogP contribution is -1.83. The molecule has 0 radical (unpaired) electrons. The molecule has 11 heavy (non-hydrogen) atoms. The van der Waals surface area contributed by atoms with Crippen molar-refractivity contribution in [2.75, 3.05) is 6.61 Å². The van der Waals surface area contributed by atoms with Gasteiger partial charge in [0.05, 0.1) is 6.61 Å². The summed E-state index contributed by atoms with van der Waals surface area (Å²) >= 11 is 0. The predicted octanol–water partition coefficient (Wildman–Crippen LogP) is 2.90. The van der Waals surface area contributed by atoms with Crippen LogP contribution in [0.25, 0.3) is 0 Å². The van der Waals surface area contributed by atoms with Crippen LogP contribution in [0.5, 0.6) is 0 Å². The fraction of sp³-hybridized carbons (Fsp3) is 0.800. The molecule has 0 amide bonds. The first-order valence-corrected chi connectivity index (χ1v) is 4.57. The van der Waals surface area contributed by atoms with E-state index >= 15 is 0 Å². The Bertz CT molecular complexity index is 105. The number of unbranched alkanes of at least 4 members (excludes halogenated alkanes) is 4. The molecule has 66 valence electrons. The van der Waals surface area contributed by atoms with E-state index in [9.17, 15) is 0 Å². The fourth-order valence-corrected chi connectivity index (χ4v) is 0.984. The number of aliphatic hydroxyl groups excluding tert-OH is 1. The minimum absolute atomic E-state index is 0.216. The van der Waals surface area contributed by atoms with Crippen molar-refractivity contribution in [2.24, 2.45) is 0 Å². The van der Waals surface area contributed by atoms with E-state index < -0.39 is 0 Å². The molecule has 0 heterocycles. The summed E-state index contributed by atoms with van der Waals surface area (Å²) in [4.78, 5) is 0. The van der Waals surface area contributed by atoms with Crippen LogP contribution in [-0.2, 0) is 0 Å². The topological polar surface area (TPSA) is 20.2 Å². The third kappa shape index (κ3) is 7.60. The van der Waals surface area contributed by atoms with E-state index in [0.29, 0.717) is 0 Å². The summed E-state index contributed by atoms with van der Waals surface area (Å²) in [5.41, 5.74) is 1.10. The van der Waals surface area contributed by atoms with Crippen molar-refractivity contribution < 1.29 is 5.11 Å². The molecule has 0 aromatic carbocycles. The quantitative estimate of drug-likeness (QED) is 0.463. The van der Waals surface area contributed by atoms with Crippen LogP contribution in [0.2, 0.25) is 0 Å². The third-order valence-electron chi connectivity index (χ3n) is 1.80. The first-order chi connectivity index (χ1) is 5.31. The Morgan fingerprint density at radius 3 is 2.55 bits per heavy atom. The normalized spacial score (nSPS) is 12.1. The Kier molecular flexibility index (Phi) is 7.59. The molecule has 0 rings (SSSR count). The Hall–Kier alpha value is -0.300. The molecule has 0 saturated carbocycles. The van der Waals surface area contributed by atoms with E-state index in [4.69, 9.17) is 5.11 Å². The summed E-state index contributed by atoms with van der Waals surface area (Å²) in [6.45, 7) is 4.41. The van der Waals surface area contributed by atoms with Gasteiger partial charge in [0.25, 0.3) is 0 Å². The zero-order valence-electron chi connectivity index (χ0n) is 7.77. The molecule has 0 saturated heterocycles. The molecular formula is C10H20O. The highest BCUT2D eigenvalue weighted by Gasteiger charge is 1.86. The molecule has 0 spiro atoms. The molecule has 0 atom stereocenters. The first-order valence-electron chi connectivity index (χ1n) is 4.57. The van der Waals surface area contributed by atoms with Gasteiger partial charge in [-0.2, -0.15) is 0 Å². The van der Waals surface area contributed by atoms with Gasteiger partial charge in [0, 0.05) is 0 Å². The van der Waals surface area contributed by atoms with Gasteiger partial charge in [-0.25, -0.2) is 0 Å². The van der Waals surface area contributed by atoms with Crippen molar-refractivity contribution in [3.63, 3.8) is 0 Å². The van der Waals surface area contributed by atoms with Gasteiger partial charge in [-0.05, 0) is 19.8 Å². The second kappa shape index (κ2) is 7.80. The van der Waals surface area contributed by atoms with Crippen molar-refractivity contribution in [1.29, 1.82) is 0 Å². The van der Waals surface area contributed by atoms with Crippen LogP contribution in [0.4, 0.5) is 0 Å². The summed E-state index contributed by atoms with van der Waals surface area (Å²) in [7, 11) is 0. The van der Waals surface area contributed by atoms with Crippen LogP contribution in [0.1, 0.15) is 46.0 Å². The summed E-state index contributed by atoms with van der Waals surface area (Å²) in [5, 5.41) is 8.67. The minimum Gasteiger partial charge on any atom is -0.392 e. The molecule has 0 aromatic rings. The van der Waals surface area contributed by atoms with Gasteiger partial charge in [-0.3, -0.25) is 0 Å². The Labute approximate surface area is 70.1 Å². The van der Waals surface area contributed by atoms with Gasteiger partial charge >= 0.3 is 0 Å². The van der Waals surface area contributed by atoms with Crippen molar-refractivity contribution in [2.45, 2.75) is 46.0 Å². The lowest BCUT2D eigenvalue weighted by Gasteiger charge is -1.96. The third-order valence-corrected chi connectivity index (χ3v) is 1.80. The summed E-state index contributed by atoms with van der Waals surface area (Å²) in [6, 6.07) is 0. The predicted molar refractivity (Wildman–Crippen MR) is 49.6 cm³/mol. The summed E-state index contributed by atoms with van der Waals surface area (Å²) < 4.78 is 0. The maximum atomic E-state index is 8.67. The largest absolute Gasteiger partial charge is 0.392 e. The standard InChI is InChI=1S/C10H20O/c1-3-4-5-6-7-8-10(2)9-11/h8,11H,3-7,9H2,1-2H3/b10-8+. The van der Waals surface area contributed by atoms with E-state index in [1.54, 1.807) is 0 Å². The monoisotopic (exact) mass is 156 g/mol. The zero-order valence-corrected chi connectivity index (χ0v) is 7.77. The highest BCUT2D eigenvalue weighted by atomic mass is 16.3. The summed E-state index contributed by atoms with van der Waals surface area (Å²) in [5.74, 6) is 0. The molecule has 0 fully saturated rings. The van der Waals surface area contributed by atoms with E-state index in [-0.39, 0.29) is 6.61 Å². The Balaban J connectivity index is 3.12. The van der Waals surface area contributed by atoms with Crippen LogP contribution >= 0.6 is 0 Å². The zero-order chi connectivity index (χ0) is 8.53. The second-order valence-corrected chi connectivity index (χ2v) is 3.06. The van der Waals surface area contributed by atoms with Gasteiger partial charge < -0.3 is 5.11 Å². The Morgan fingerprint density at radius 1 is 1.27 bits per heavy atom. The van der Waals surface area contributed by atoms with E-state index in [0.717, 1.165) is 12.0 Å².